The third kappa shape index (κ3) is 6.87. The van der Waals surface area contributed by atoms with Crippen LogP contribution in [0.25, 0.3) is 11.4 Å². The average Bonchev–Trinajstić information content (AvgIpc) is 3.46. The number of benzene rings is 1. The molecule has 1 aromatic carbocycles. The zero-order chi connectivity index (χ0) is 22.2. The minimum Gasteiger partial charge on any atom is -0.497 e. The molecule has 0 amide bonds. The number of aromatic amines is 1. The van der Waals surface area contributed by atoms with E-state index in [1.165, 1.54) is 0 Å². The Morgan fingerprint density at radius 2 is 2.00 bits per heavy atom. The van der Waals surface area contributed by atoms with Crippen molar-refractivity contribution in [2.75, 3.05) is 27.8 Å². The number of nitrogens with zero attached hydrogens (tertiary/aromatic N) is 5. The van der Waals surface area contributed by atoms with E-state index < -0.39 is 0 Å². The summed E-state index contributed by atoms with van der Waals surface area (Å²) in [5.74, 6) is 2.90. The largest absolute Gasteiger partial charge is 0.497 e. The molecule has 11 heteroatoms. The van der Waals surface area contributed by atoms with Gasteiger partial charge >= 0.3 is 0 Å². The lowest BCUT2D eigenvalue weighted by Crippen LogP contribution is -2.38. The topological polar surface area (TPSA) is 101 Å². The lowest BCUT2D eigenvalue weighted by Gasteiger charge is -2.21. The molecule has 1 atom stereocenters. The number of halogens is 1. The van der Waals surface area contributed by atoms with Crippen molar-refractivity contribution in [3.05, 3.63) is 46.2 Å². The first kappa shape index (κ1) is 26.0. The van der Waals surface area contributed by atoms with Gasteiger partial charge in [-0.2, -0.15) is 5.10 Å². The van der Waals surface area contributed by atoms with E-state index in [0.29, 0.717) is 24.7 Å². The Morgan fingerprint density at radius 3 is 2.66 bits per heavy atom. The van der Waals surface area contributed by atoms with Crippen LogP contribution in [-0.4, -0.2) is 58.8 Å². The number of thiazole rings is 1. The Kier molecular flexibility index (Phi) is 10.3. The molecule has 0 fully saturated rings. The van der Waals surface area contributed by atoms with E-state index in [1.807, 2.05) is 50.1 Å². The molecule has 0 aliphatic rings. The van der Waals surface area contributed by atoms with E-state index >= 15 is 0 Å². The summed E-state index contributed by atoms with van der Waals surface area (Å²) in [5.41, 5.74) is 1.90. The van der Waals surface area contributed by atoms with Crippen LogP contribution in [0.2, 0.25) is 0 Å². The predicted octanol–water partition coefficient (Wildman–Crippen LogP) is 3.86. The molecule has 1 unspecified atom stereocenters. The Morgan fingerprint density at radius 1 is 1.25 bits per heavy atom. The minimum absolute atomic E-state index is 0. The van der Waals surface area contributed by atoms with E-state index in [9.17, 15) is 0 Å². The van der Waals surface area contributed by atoms with Gasteiger partial charge in [-0.15, -0.1) is 35.3 Å². The van der Waals surface area contributed by atoms with Crippen LogP contribution >= 0.6 is 35.3 Å². The highest BCUT2D eigenvalue weighted by atomic mass is 127. The van der Waals surface area contributed by atoms with Gasteiger partial charge in [0.25, 0.3) is 0 Å². The van der Waals surface area contributed by atoms with Crippen molar-refractivity contribution < 1.29 is 9.47 Å². The van der Waals surface area contributed by atoms with Crippen LogP contribution in [0.1, 0.15) is 36.5 Å². The summed E-state index contributed by atoms with van der Waals surface area (Å²) < 4.78 is 10.5. The molecule has 3 rings (SSSR count). The molecular formula is C21H30IN7O2S. The van der Waals surface area contributed by atoms with Gasteiger partial charge in [-0.25, -0.2) is 15.0 Å². The molecule has 174 valence electrons. The zero-order valence-corrected chi connectivity index (χ0v) is 22.1. The van der Waals surface area contributed by atoms with Gasteiger partial charge in [0.2, 0.25) is 0 Å². The molecule has 0 saturated heterocycles. The van der Waals surface area contributed by atoms with Crippen molar-refractivity contribution in [3.8, 4) is 17.1 Å². The Bertz CT molecular complexity index is 990. The van der Waals surface area contributed by atoms with E-state index in [1.54, 1.807) is 25.6 Å². The van der Waals surface area contributed by atoms with E-state index in [4.69, 9.17) is 14.5 Å². The van der Waals surface area contributed by atoms with Crippen LogP contribution in [-0.2, 0) is 17.8 Å². The van der Waals surface area contributed by atoms with Crippen LogP contribution in [0.15, 0.2) is 34.6 Å². The number of hydrogen-bond donors (Lipinski definition) is 2. The van der Waals surface area contributed by atoms with Crippen LogP contribution in [0.4, 0.5) is 0 Å². The van der Waals surface area contributed by atoms with Crippen molar-refractivity contribution in [1.29, 1.82) is 0 Å². The molecule has 0 aliphatic heterocycles. The van der Waals surface area contributed by atoms with Gasteiger partial charge in [0.1, 0.15) is 29.2 Å². The van der Waals surface area contributed by atoms with Gasteiger partial charge in [0.05, 0.1) is 19.3 Å². The maximum absolute atomic E-state index is 5.35. The number of methoxy groups -OCH3 is 2. The first-order chi connectivity index (χ1) is 15.0. The first-order valence-corrected chi connectivity index (χ1v) is 10.9. The fraction of sp³-hybridized carbons (Fsp3) is 0.429. The van der Waals surface area contributed by atoms with Crippen LogP contribution < -0.4 is 10.1 Å². The first-order valence-electron chi connectivity index (χ1n) is 10.1. The summed E-state index contributed by atoms with van der Waals surface area (Å²) in [5, 5.41) is 13.6. The molecule has 2 heterocycles. The van der Waals surface area contributed by atoms with Gasteiger partial charge in [0.15, 0.2) is 11.8 Å². The Labute approximate surface area is 209 Å². The van der Waals surface area contributed by atoms with Crippen molar-refractivity contribution in [1.82, 2.24) is 30.4 Å². The molecule has 0 bridgehead atoms. The molecular weight excluding hydrogens is 541 g/mol. The number of aliphatic imine (C=N–C) groups is 1. The third-order valence-corrected chi connectivity index (χ3v) is 5.68. The fourth-order valence-corrected chi connectivity index (χ4v) is 3.70. The average molecular weight is 571 g/mol. The fourth-order valence-electron chi connectivity index (χ4n) is 2.86. The number of nitrogens with one attached hydrogen (secondary N) is 2. The summed E-state index contributed by atoms with van der Waals surface area (Å²) in [6.45, 7) is 5.83. The second-order valence-corrected chi connectivity index (χ2v) is 7.81. The third-order valence-electron chi connectivity index (χ3n) is 4.62. The maximum Gasteiger partial charge on any atom is 0.194 e. The van der Waals surface area contributed by atoms with Gasteiger partial charge in [-0.3, -0.25) is 5.10 Å². The molecule has 0 radical (unpaired) electrons. The Balaban J connectivity index is 0.00000363. The SMILES string of the molecule is CCNC(=NCc1nc(-c2ccc(OC)cc2)n[nH]1)N(C)Cc1csc(C(C)OC)n1.I. The highest BCUT2D eigenvalue weighted by Gasteiger charge is 2.13. The molecule has 2 aromatic heterocycles. The standard InChI is InChI=1S/C21H29N7O2S.HI/c1-6-22-21(28(3)12-16-13-31-20(24-16)14(2)29-4)23-11-18-25-19(27-26-18)15-7-9-17(30-5)10-8-15;/h7-10,13-14H,6,11-12H2,1-5H3,(H,22,23)(H,25,26,27);1H. The van der Waals surface area contributed by atoms with E-state index in [-0.39, 0.29) is 30.1 Å². The molecule has 0 saturated carbocycles. The van der Waals surface area contributed by atoms with Crippen molar-refractivity contribution >= 4 is 41.3 Å². The molecule has 2 N–H and O–H groups in total. The highest BCUT2D eigenvalue weighted by molar-refractivity contribution is 14.0. The summed E-state index contributed by atoms with van der Waals surface area (Å²) in [6.07, 6.45) is -0.00249. The number of ether oxygens (including phenoxy) is 2. The van der Waals surface area contributed by atoms with Gasteiger partial charge in [-0.05, 0) is 38.1 Å². The summed E-state index contributed by atoms with van der Waals surface area (Å²) in [7, 11) is 5.32. The number of aromatic nitrogens is 4. The van der Waals surface area contributed by atoms with Crippen LogP contribution in [0, 0.1) is 0 Å². The quantitative estimate of drug-likeness (QED) is 0.229. The monoisotopic (exact) mass is 571 g/mol. The lowest BCUT2D eigenvalue weighted by molar-refractivity contribution is 0.119. The number of hydrogen-bond acceptors (Lipinski definition) is 7. The molecule has 0 spiro atoms. The van der Waals surface area contributed by atoms with Crippen molar-refractivity contribution in [2.45, 2.75) is 33.0 Å². The highest BCUT2D eigenvalue weighted by Crippen LogP contribution is 2.21. The van der Waals surface area contributed by atoms with E-state index in [0.717, 1.165) is 34.5 Å². The van der Waals surface area contributed by atoms with Crippen molar-refractivity contribution in [2.24, 2.45) is 4.99 Å². The van der Waals surface area contributed by atoms with Crippen LogP contribution in [0.3, 0.4) is 0 Å². The van der Waals surface area contributed by atoms with E-state index in [2.05, 4.69) is 30.9 Å². The number of H-pyrrole nitrogens is 1. The van der Waals surface area contributed by atoms with Gasteiger partial charge in [-0.1, -0.05) is 0 Å². The maximum atomic E-state index is 5.35. The summed E-state index contributed by atoms with van der Waals surface area (Å²) >= 11 is 1.61. The summed E-state index contributed by atoms with van der Waals surface area (Å²) in [6, 6.07) is 7.64. The van der Waals surface area contributed by atoms with Crippen molar-refractivity contribution in [3.63, 3.8) is 0 Å². The second-order valence-electron chi connectivity index (χ2n) is 6.92. The number of guanidine groups is 1. The normalized spacial score (nSPS) is 12.2. The van der Waals surface area contributed by atoms with Gasteiger partial charge < -0.3 is 19.7 Å². The number of rotatable bonds is 9. The predicted molar refractivity (Wildman–Crippen MR) is 138 cm³/mol. The van der Waals surface area contributed by atoms with Gasteiger partial charge in [0, 0.05) is 31.6 Å². The lowest BCUT2D eigenvalue weighted by atomic mass is 10.2. The van der Waals surface area contributed by atoms with Crippen LogP contribution in [0.5, 0.6) is 5.75 Å². The Hall–Kier alpha value is -2.25. The smallest absolute Gasteiger partial charge is 0.194 e. The minimum atomic E-state index is -0.00249. The molecule has 3 aromatic rings. The summed E-state index contributed by atoms with van der Waals surface area (Å²) in [4.78, 5) is 16.0. The second kappa shape index (κ2) is 12.7. The molecule has 9 nitrogen and oxygen atoms in total. The zero-order valence-electron chi connectivity index (χ0n) is 19.0. The molecule has 32 heavy (non-hydrogen) atoms. The molecule has 0 aliphatic carbocycles.